The number of aromatic nitrogens is 3. The molecule has 0 atom stereocenters. The number of halogens is 1. The highest BCUT2D eigenvalue weighted by molar-refractivity contribution is 6.35. The summed E-state index contributed by atoms with van der Waals surface area (Å²) in [5.41, 5.74) is 2.54. The Morgan fingerprint density at radius 1 is 1.21 bits per heavy atom. The Morgan fingerprint density at radius 3 is 2.75 bits per heavy atom. The average molecular weight is 398 g/mol. The number of methoxy groups -OCH3 is 1. The van der Waals surface area contributed by atoms with E-state index in [0.29, 0.717) is 40.8 Å². The first-order chi connectivity index (χ1) is 13.6. The van der Waals surface area contributed by atoms with Crippen LogP contribution in [0.1, 0.15) is 13.8 Å². The van der Waals surface area contributed by atoms with Gasteiger partial charge in [-0.2, -0.15) is 0 Å². The molecule has 0 radical (unpaired) electrons. The van der Waals surface area contributed by atoms with Gasteiger partial charge in [-0.15, -0.1) is 0 Å². The summed E-state index contributed by atoms with van der Waals surface area (Å²) in [6.45, 7) is 4.80. The van der Waals surface area contributed by atoms with Gasteiger partial charge in [0.05, 0.1) is 24.3 Å². The summed E-state index contributed by atoms with van der Waals surface area (Å²) in [7, 11) is 1.57. The number of rotatable bonds is 5. The van der Waals surface area contributed by atoms with Crippen LogP contribution in [0.2, 0.25) is 5.02 Å². The number of hydrogen-bond donors (Lipinski definition) is 1. The van der Waals surface area contributed by atoms with Crippen LogP contribution in [0.4, 0.5) is 0 Å². The average Bonchev–Trinajstić information content (AvgIpc) is 3.18. The molecule has 7 heteroatoms. The van der Waals surface area contributed by atoms with Gasteiger partial charge in [-0.3, -0.25) is 4.79 Å². The van der Waals surface area contributed by atoms with Gasteiger partial charge in [-0.05, 0) is 32.0 Å². The number of aromatic amines is 1. The Labute approximate surface area is 166 Å². The number of pyridine rings is 2. The second-order valence-corrected chi connectivity index (χ2v) is 6.71. The van der Waals surface area contributed by atoms with Crippen molar-refractivity contribution in [3.8, 4) is 22.6 Å². The largest absolute Gasteiger partial charge is 0.497 e. The van der Waals surface area contributed by atoms with E-state index in [-0.39, 0.29) is 5.56 Å². The molecule has 4 rings (SSSR count). The highest BCUT2D eigenvalue weighted by Gasteiger charge is 2.19. The maximum absolute atomic E-state index is 13.4. The van der Waals surface area contributed by atoms with E-state index >= 15 is 0 Å². The fraction of sp³-hybridized carbons (Fsp3) is 0.238. The second-order valence-electron chi connectivity index (χ2n) is 6.33. The van der Waals surface area contributed by atoms with Crippen LogP contribution in [0.15, 0.2) is 41.5 Å². The Hall–Kier alpha value is -2.99. The SMILES string of the molecule is CCOc1cc(OC)cc(-c2cc3cnc4[nH]ccc4c3n(CC)c2=O)c1Cl. The van der Waals surface area contributed by atoms with Gasteiger partial charge in [0.1, 0.15) is 17.1 Å². The molecule has 0 amide bonds. The smallest absolute Gasteiger partial charge is 0.258 e. The first-order valence-corrected chi connectivity index (χ1v) is 9.47. The second kappa shape index (κ2) is 7.20. The van der Waals surface area contributed by atoms with Crippen molar-refractivity contribution in [3.05, 3.63) is 52.0 Å². The zero-order chi connectivity index (χ0) is 19.8. The van der Waals surface area contributed by atoms with Crippen molar-refractivity contribution in [2.45, 2.75) is 20.4 Å². The lowest BCUT2D eigenvalue weighted by Crippen LogP contribution is -2.21. The standard InChI is InChI=1S/C21H20ClN3O3/c1-4-25-19-12(11-24-20-14(19)6-7-23-20)8-16(21(25)26)15-9-13(27-3)10-17(18(15)22)28-5-2/h6-11H,4-5H2,1-3H3,(H,23,24). The van der Waals surface area contributed by atoms with E-state index in [4.69, 9.17) is 21.1 Å². The monoisotopic (exact) mass is 397 g/mol. The van der Waals surface area contributed by atoms with Gasteiger partial charge in [-0.1, -0.05) is 11.6 Å². The minimum atomic E-state index is -0.124. The third kappa shape index (κ3) is 2.81. The lowest BCUT2D eigenvalue weighted by molar-refractivity contribution is 0.336. The first kappa shape index (κ1) is 18.4. The third-order valence-electron chi connectivity index (χ3n) is 4.79. The molecular weight excluding hydrogens is 378 g/mol. The summed E-state index contributed by atoms with van der Waals surface area (Å²) < 4.78 is 12.8. The van der Waals surface area contributed by atoms with Crippen LogP contribution < -0.4 is 15.0 Å². The highest BCUT2D eigenvalue weighted by atomic mass is 35.5. The maximum Gasteiger partial charge on any atom is 0.258 e. The quantitative estimate of drug-likeness (QED) is 0.533. The van der Waals surface area contributed by atoms with E-state index in [1.807, 2.05) is 32.2 Å². The molecule has 0 spiro atoms. The van der Waals surface area contributed by atoms with Crippen molar-refractivity contribution in [2.24, 2.45) is 0 Å². The van der Waals surface area contributed by atoms with Gasteiger partial charge in [0.25, 0.3) is 5.56 Å². The van der Waals surface area contributed by atoms with E-state index in [0.717, 1.165) is 21.9 Å². The zero-order valence-corrected chi connectivity index (χ0v) is 16.6. The van der Waals surface area contributed by atoms with Crippen LogP contribution in [-0.4, -0.2) is 28.3 Å². The van der Waals surface area contributed by atoms with Gasteiger partial charge in [0.2, 0.25) is 0 Å². The van der Waals surface area contributed by atoms with E-state index in [9.17, 15) is 4.79 Å². The van der Waals surface area contributed by atoms with Crippen LogP contribution in [0.3, 0.4) is 0 Å². The minimum absolute atomic E-state index is 0.124. The van der Waals surface area contributed by atoms with Gasteiger partial charge < -0.3 is 19.0 Å². The molecule has 144 valence electrons. The number of nitrogens with one attached hydrogen (secondary N) is 1. The normalized spacial score (nSPS) is 11.3. The lowest BCUT2D eigenvalue weighted by Gasteiger charge is -2.15. The number of fused-ring (bicyclic) bond motifs is 3. The molecule has 0 aliphatic carbocycles. The van der Waals surface area contributed by atoms with Crippen LogP contribution in [0, 0.1) is 0 Å². The van der Waals surface area contributed by atoms with Gasteiger partial charge in [-0.25, -0.2) is 4.98 Å². The fourth-order valence-corrected chi connectivity index (χ4v) is 3.79. The van der Waals surface area contributed by atoms with Gasteiger partial charge >= 0.3 is 0 Å². The van der Waals surface area contributed by atoms with Crippen LogP contribution in [-0.2, 0) is 6.54 Å². The molecule has 1 N–H and O–H groups in total. The summed E-state index contributed by atoms with van der Waals surface area (Å²) in [6, 6.07) is 7.25. The van der Waals surface area contributed by atoms with Crippen molar-refractivity contribution < 1.29 is 9.47 Å². The topological polar surface area (TPSA) is 69.1 Å². The predicted octanol–water partition coefficient (Wildman–Crippen LogP) is 4.63. The molecule has 28 heavy (non-hydrogen) atoms. The molecule has 3 heterocycles. The molecule has 0 saturated carbocycles. The molecule has 4 aromatic rings. The highest BCUT2D eigenvalue weighted by Crippen LogP contribution is 2.39. The molecule has 0 saturated heterocycles. The zero-order valence-electron chi connectivity index (χ0n) is 15.9. The Kier molecular flexibility index (Phi) is 4.73. The molecule has 3 aromatic heterocycles. The van der Waals surface area contributed by atoms with E-state index in [1.54, 1.807) is 30.0 Å². The van der Waals surface area contributed by atoms with Crippen molar-refractivity contribution in [1.29, 1.82) is 0 Å². The molecule has 1 aromatic carbocycles. The Bertz CT molecular complexity index is 1240. The number of benzene rings is 1. The first-order valence-electron chi connectivity index (χ1n) is 9.09. The molecule has 0 fully saturated rings. The number of ether oxygens (including phenoxy) is 2. The van der Waals surface area contributed by atoms with E-state index in [1.165, 1.54) is 0 Å². The minimum Gasteiger partial charge on any atom is -0.497 e. The summed E-state index contributed by atoms with van der Waals surface area (Å²) in [4.78, 5) is 20.9. The molecule has 0 bridgehead atoms. The summed E-state index contributed by atoms with van der Waals surface area (Å²) >= 11 is 6.60. The molecule has 0 unspecified atom stereocenters. The van der Waals surface area contributed by atoms with Crippen molar-refractivity contribution in [2.75, 3.05) is 13.7 Å². The van der Waals surface area contributed by atoms with Crippen molar-refractivity contribution >= 4 is 33.5 Å². The predicted molar refractivity (Wildman–Crippen MR) is 112 cm³/mol. The number of H-pyrrole nitrogens is 1. The third-order valence-corrected chi connectivity index (χ3v) is 5.18. The molecule has 0 aliphatic rings. The Balaban J connectivity index is 2.08. The summed E-state index contributed by atoms with van der Waals surface area (Å²) in [5, 5.41) is 2.16. The number of aryl methyl sites for hydroxylation is 1. The molecule has 6 nitrogen and oxygen atoms in total. The van der Waals surface area contributed by atoms with Gasteiger partial charge in [0.15, 0.2) is 0 Å². The lowest BCUT2D eigenvalue weighted by atomic mass is 10.0. The summed E-state index contributed by atoms with van der Waals surface area (Å²) in [6.07, 6.45) is 3.59. The van der Waals surface area contributed by atoms with Crippen LogP contribution in [0.25, 0.3) is 33.1 Å². The van der Waals surface area contributed by atoms with Gasteiger partial charge in [0, 0.05) is 46.9 Å². The number of nitrogens with zero attached hydrogens (tertiary/aromatic N) is 2. The molecular formula is C21H20ClN3O3. The van der Waals surface area contributed by atoms with Crippen molar-refractivity contribution in [3.63, 3.8) is 0 Å². The van der Waals surface area contributed by atoms with Crippen molar-refractivity contribution in [1.82, 2.24) is 14.5 Å². The Morgan fingerprint density at radius 2 is 2.04 bits per heavy atom. The van der Waals surface area contributed by atoms with E-state index in [2.05, 4.69) is 9.97 Å². The van der Waals surface area contributed by atoms with Crippen LogP contribution >= 0.6 is 11.6 Å². The maximum atomic E-state index is 13.4. The fourth-order valence-electron chi connectivity index (χ4n) is 3.52. The number of hydrogen-bond acceptors (Lipinski definition) is 4. The molecule has 0 aliphatic heterocycles. The van der Waals surface area contributed by atoms with Crippen LogP contribution in [0.5, 0.6) is 11.5 Å². The van der Waals surface area contributed by atoms with E-state index < -0.39 is 0 Å². The summed E-state index contributed by atoms with van der Waals surface area (Å²) in [5.74, 6) is 1.06.